The molecule has 1 saturated carbocycles. The van der Waals surface area contributed by atoms with Crippen LogP contribution in [-0.4, -0.2) is 54.7 Å². The average Bonchev–Trinajstić information content (AvgIpc) is 2.89. The summed E-state index contributed by atoms with van der Waals surface area (Å²) in [6, 6.07) is 2.13. The minimum atomic E-state index is -0.115. The van der Waals surface area contributed by atoms with Crippen LogP contribution in [0.3, 0.4) is 0 Å². The van der Waals surface area contributed by atoms with Crippen molar-refractivity contribution in [2.45, 2.75) is 58.0 Å². The topological polar surface area (TPSA) is 45.7 Å². The quantitative estimate of drug-likeness (QED) is 0.763. The Kier molecular flexibility index (Phi) is 4.19. The molecule has 0 unspecified atom stereocenters. The first-order valence-electron chi connectivity index (χ1n) is 10.7. The molecule has 27 heavy (non-hydrogen) atoms. The van der Waals surface area contributed by atoms with Gasteiger partial charge in [-0.25, -0.2) is 0 Å². The molecular weight excluding hydrogens is 338 g/mol. The molecule has 146 valence electrons. The molecule has 0 N–H and O–H groups in total. The summed E-state index contributed by atoms with van der Waals surface area (Å²) in [6.45, 7) is 7.93. The van der Waals surface area contributed by atoms with Gasteiger partial charge in [-0.15, -0.1) is 0 Å². The summed E-state index contributed by atoms with van der Waals surface area (Å²) in [6.07, 6.45) is 11.8. The molecule has 3 aliphatic heterocycles. The molecule has 5 heteroatoms. The molecule has 1 aromatic heterocycles. The van der Waals surface area contributed by atoms with Gasteiger partial charge in [-0.2, -0.15) is 0 Å². The summed E-state index contributed by atoms with van der Waals surface area (Å²) in [7, 11) is 0. The fourth-order valence-electron chi connectivity index (χ4n) is 5.98. The highest BCUT2D eigenvalue weighted by Gasteiger charge is 2.53. The average molecular weight is 370 g/mol. The first kappa shape index (κ1) is 17.5. The molecule has 2 spiro atoms. The van der Waals surface area contributed by atoms with Crippen molar-refractivity contribution in [1.29, 1.82) is 0 Å². The van der Waals surface area contributed by atoms with Crippen molar-refractivity contribution in [2.75, 3.05) is 37.6 Å². The molecule has 1 aliphatic carbocycles. The SMILES string of the molecule is Cc1cnccc1N1CC2(CN(CC[C@H]3CC4(CCCCC4)C(=O)O3)C2)C1. The monoisotopic (exact) mass is 369 g/mol. The van der Waals surface area contributed by atoms with E-state index in [2.05, 4.69) is 27.8 Å². The zero-order chi connectivity index (χ0) is 18.5. The summed E-state index contributed by atoms with van der Waals surface area (Å²) in [5.74, 6) is 0.106. The van der Waals surface area contributed by atoms with Crippen LogP contribution in [0, 0.1) is 17.8 Å². The van der Waals surface area contributed by atoms with Crippen molar-refractivity contribution in [2.24, 2.45) is 10.8 Å². The lowest BCUT2D eigenvalue weighted by Crippen LogP contribution is -2.72. The molecule has 1 atom stereocenters. The number of anilines is 1. The fourth-order valence-corrected chi connectivity index (χ4v) is 5.98. The van der Waals surface area contributed by atoms with Crippen LogP contribution >= 0.6 is 0 Å². The normalized spacial score (nSPS) is 28.9. The zero-order valence-electron chi connectivity index (χ0n) is 16.5. The summed E-state index contributed by atoms with van der Waals surface area (Å²) in [4.78, 5) is 21.6. The van der Waals surface area contributed by atoms with Crippen molar-refractivity contribution in [1.82, 2.24) is 9.88 Å². The Morgan fingerprint density at radius 3 is 2.70 bits per heavy atom. The van der Waals surface area contributed by atoms with E-state index in [4.69, 9.17) is 4.74 Å². The molecule has 0 aromatic carbocycles. The third-order valence-corrected chi connectivity index (χ3v) is 7.41. The van der Waals surface area contributed by atoms with Gasteiger partial charge in [-0.1, -0.05) is 19.3 Å². The molecule has 4 aliphatic rings. The van der Waals surface area contributed by atoms with Crippen molar-refractivity contribution in [3.05, 3.63) is 24.0 Å². The lowest BCUT2D eigenvalue weighted by Gasteiger charge is -2.61. The lowest BCUT2D eigenvalue weighted by atomic mass is 9.71. The van der Waals surface area contributed by atoms with E-state index in [9.17, 15) is 4.79 Å². The van der Waals surface area contributed by atoms with Gasteiger partial charge < -0.3 is 14.5 Å². The highest BCUT2D eigenvalue weighted by molar-refractivity contribution is 5.79. The van der Waals surface area contributed by atoms with E-state index >= 15 is 0 Å². The maximum atomic E-state index is 12.4. The van der Waals surface area contributed by atoms with E-state index in [-0.39, 0.29) is 17.5 Å². The van der Waals surface area contributed by atoms with Crippen molar-refractivity contribution >= 4 is 11.7 Å². The second-order valence-corrected chi connectivity index (χ2v) is 9.59. The third kappa shape index (κ3) is 3.04. The van der Waals surface area contributed by atoms with Gasteiger partial charge in [0.1, 0.15) is 6.10 Å². The molecule has 0 bridgehead atoms. The summed E-state index contributed by atoms with van der Waals surface area (Å²) in [5.41, 5.74) is 2.98. The second-order valence-electron chi connectivity index (χ2n) is 9.59. The molecule has 5 rings (SSSR count). The van der Waals surface area contributed by atoms with Gasteiger partial charge in [-0.3, -0.25) is 9.78 Å². The highest BCUT2D eigenvalue weighted by Crippen LogP contribution is 2.47. The number of aromatic nitrogens is 1. The van der Waals surface area contributed by atoms with E-state index < -0.39 is 0 Å². The molecule has 1 aromatic rings. The van der Waals surface area contributed by atoms with E-state index in [0.717, 1.165) is 45.3 Å². The summed E-state index contributed by atoms with van der Waals surface area (Å²) < 4.78 is 5.77. The van der Waals surface area contributed by atoms with E-state index in [1.54, 1.807) is 0 Å². The van der Waals surface area contributed by atoms with Gasteiger partial charge in [0.05, 0.1) is 5.41 Å². The number of carbonyl (C=O) groups is 1. The summed E-state index contributed by atoms with van der Waals surface area (Å²) in [5, 5.41) is 0. The number of hydrogen-bond donors (Lipinski definition) is 0. The van der Waals surface area contributed by atoms with Gasteiger partial charge >= 0.3 is 5.97 Å². The van der Waals surface area contributed by atoms with Crippen molar-refractivity contribution in [3.63, 3.8) is 0 Å². The van der Waals surface area contributed by atoms with Crippen molar-refractivity contribution < 1.29 is 9.53 Å². The van der Waals surface area contributed by atoms with Crippen LogP contribution < -0.4 is 4.90 Å². The van der Waals surface area contributed by atoms with Crippen molar-refractivity contribution in [3.8, 4) is 0 Å². The number of hydrogen-bond acceptors (Lipinski definition) is 5. The van der Waals surface area contributed by atoms with Gasteiger partial charge in [0, 0.05) is 62.6 Å². The standard InChI is InChI=1S/C22H31N3O2/c1-17-12-23-9-5-19(17)25-15-21(16-25)13-24(14-21)10-6-18-11-22(20(26)27-18)7-3-2-4-8-22/h5,9,12,18H,2-4,6-8,10-11,13-16H2,1H3/t18-/m0/s1. The number of carbonyl (C=O) groups excluding carboxylic acids is 1. The van der Waals surface area contributed by atoms with Crippen LogP contribution in [0.25, 0.3) is 0 Å². The van der Waals surface area contributed by atoms with Crippen LogP contribution in [0.1, 0.15) is 50.5 Å². The van der Waals surface area contributed by atoms with Gasteiger partial charge in [0.15, 0.2) is 0 Å². The van der Waals surface area contributed by atoms with E-state index in [1.165, 1.54) is 43.6 Å². The van der Waals surface area contributed by atoms with E-state index in [0.29, 0.717) is 5.41 Å². The van der Waals surface area contributed by atoms with Crippen LogP contribution in [0.4, 0.5) is 5.69 Å². The number of pyridine rings is 1. The number of rotatable bonds is 4. The fraction of sp³-hybridized carbons (Fsp3) is 0.727. The Labute approximate surface area is 162 Å². The Bertz CT molecular complexity index is 714. The molecule has 3 saturated heterocycles. The molecule has 4 heterocycles. The van der Waals surface area contributed by atoms with Crippen LogP contribution in [0.5, 0.6) is 0 Å². The number of esters is 1. The molecule has 4 fully saturated rings. The smallest absolute Gasteiger partial charge is 0.312 e. The number of likely N-dealkylation sites (tertiary alicyclic amines) is 1. The Morgan fingerprint density at radius 1 is 1.19 bits per heavy atom. The maximum Gasteiger partial charge on any atom is 0.312 e. The Morgan fingerprint density at radius 2 is 1.96 bits per heavy atom. The highest BCUT2D eigenvalue weighted by atomic mass is 16.6. The molecule has 0 amide bonds. The van der Waals surface area contributed by atoms with E-state index in [1.807, 2.05) is 12.4 Å². The van der Waals surface area contributed by atoms with Gasteiger partial charge in [-0.05, 0) is 37.8 Å². The Balaban J connectivity index is 1.07. The largest absolute Gasteiger partial charge is 0.462 e. The number of ether oxygens (including phenoxy) is 1. The van der Waals surface area contributed by atoms with Crippen LogP contribution in [0.15, 0.2) is 18.5 Å². The maximum absolute atomic E-state index is 12.4. The molecule has 0 radical (unpaired) electrons. The first-order valence-corrected chi connectivity index (χ1v) is 10.7. The molecule has 5 nitrogen and oxygen atoms in total. The predicted octanol–water partition coefficient (Wildman–Crippen LogP) is 3.17. The summed E-state index contributed by atoms with van der Waals surface area (Å²) >= 11 is 0. The second kappa shape index (κ2) is 6.47. The van der Waals surface area contributed by atoms with Crippen LogP contribution in [0.2, 0.25) is 0 Å². The van der Waals surface area contributed by atoms with Gasteiger partial charge in [0.2, 0.25) is 0 Å². The lowest BCUT2D eigenvalue weighted by molar-refractivity contribution is -0.150. The minimum Gasteiger partial charge on any atom is -0.462 e. The third-order valence-electron chi connectivity index (χ3n) is 7.41. The van der Waals surface area contributed by atoms with Crippen LogP contribution in [-0.2, 0) is 9.53 Å². The predicted molar refractivity (Wildman–Crippen MR) is 105 cm³/mol. The number of cyclic esters (lactones) is 1. The first-order chi connectivity index (χ1) is 13.1. The number of nitrogens with zero attached hydrogens (tertiary/aromatic N) is 3. The Hall–Kier alpha value is -1.62. The zero-order valence-corrected chi connectivity index (χ0v) is 16.5. The van der Waals surface area contributed by atoms with Gasteiger partial charge in [0.25, 0.3) is 0 Å². The number of aryl methyl sites for hydroxylation is 1. The molecular formula is C22H31N3O2. The minimum absolute atomic E-state index is 0.106.